The van der Waals surface area contributed by atoms with Gasteiger partial charge in [-0.3, -0.25) is 19.5 Å². The minimum absolute atomic E-state index is 0.103. The van der Waals surface area contributed by atoms with Gasteiger partial charge in [0.2, 0.25) is 0 Å². The smallest absolute Gasteiger partial charge is 0.307 e. The fourth-order valence-corrected chi connectivity index (χ4v) is 3.93. The zero-order valence-electron chi connectivity index (χ0n) is 15.8. The van der Waals surface area contributed by atoms with Crippen LogP contribution in [0.5, 0.6) is 5.75 Å². The van der Waals surface area contributed by atoms with Gasteiger partial charge < -0.3 is 4.74 Å². The molecular weight excluding hydrogens is 414 g/mol. The van der Waals surface area contributed by atoms with Crippen molar-refractivity contribution >= 4 is 32.3 Å². The predicted molar refractivity (Wildman–Crippen MR) is 106 cm³/mol. The predicted octanol–water partition coefficient (Wildman–Crippen LogP) is 1.87. The number of ether oxygens (including phenoxy) is 1. The second kappa shape index (κ2) is 7.11. The van der Waals surface area contributed by atoms with Crippen LogP contribution in [0.4, 0.5) is 11.4 Å². The summed E-state index contributed by atoms with van der Waals surface area (Å²) < 4.78 is 36.4. The van der Waals surface area contributed by atoms with Crippen molar-refractivity contribution in [1.82, 2.24) is 24.5 Å². The Hall–Kier alpha value is -4.00. The molecule has 30 heavy (non-hydrogen) atoms. The molecule has 13 heteroatoms. The molecular formula is C17H15N7O5S. The van der Waals surface area contributed by atoms with Crippen molar-refractivity contribution in [1.29, 1.82) is 0 Å². The first kappa shape index (κ1) is 19.3. The van der Waals surface area contributed by atoms with E-state index in [0.717, 1.165) is 17.8 Å². The van der Waals surface area contributed by atoms with Crippen LogP contribution in [0, 0.1) is 10.1 Å². The molecule has 0 amide bonds. The average molecular weight is 429 g/mol. The van der Waals surface area contributed by atoms with Gasteiger partial charge in [0.25, 0.3) is 10.0 Å². The molecule has 0 fully saturated rings. The second-order valence-electron chi connectivity index (χ2n) is 6.21. The van der Waals surface area contributed by atoms with E-state index in [2.05, 4.69) is 19.9 Å². The summed E-state index contributed by atoms with van der Waals surface area (Å²) in [7, 11) is -0.878. The van der Waals surface area contributed by atoms with E-state index in [-0.39, 0.29) is 22.1 Å². The third-order valence-electron chi connectivity index (χ3n) is 4.37. The van der Waals surface area contributed by atoms with E-state index in [1.165, 1.54) is 30.1 Å². The Labute approximate surface area is 169 Å². The van der Waals surface area contributed by atoms with Crippen LogP contribution >= 0.6 is 0 Å². The first-order valence-electron chi connectivity index (χ1n) is 8.47. The monoisotopic (exact) mass is 429 g/mol. The number of sulfonamides is 1. The van der Waals surface area contributed by atoms with Crippen LogP contribution in [0.2, 0.25) is 0 Å². The van der Waals surface area contributed by atoms with Crippen LogP contribution < -0.4 is 9.46 Å². The molecule has 4 rings (SSSR count). The van der Waals surface area contributed by atoms with Crippen LogP contribution in [0.3, 0.4) is 0 Å². The van der Waals surface area contributed by atoms with Crippen molar-refractivity contribution in [3.05, 3.63) is 59.2 Å². The van der Waals surface area contributed by atoms with Gasteiger partial charge in [0, 0.05) is 18.6 Å². The number of hydrogen-bond donors (Lipinski definition) is 1. The molecule has 0 unspecified atom stereocenters. The molecule has 1 N–H and O–H groups in total. The topological polar surface area (TPSA) is 147 Å². The molecule has 0 radical (unpaired) electrons. The summed E-state index contributed by atoms with van der Waals surface area (Å²) in [5.41, 5.74) is 0.611. The molecule has 0 saturated heterocycles. The Kier molecular flexibility index (Phi) is 4.58. The Bertz CT molecular complexity index is 1360. The zero-order valence-corrected chi connectivity index (χ0v) is 16.6. The first-order valence-corrected chi connectivity index (χ1v) is 9.95. The van der Waals surface area contributed by atoms with Gasteiger partial charge in [-0.15, -0.1) is 0 Å². The van der Waals surface area contributed by atoms with Crippen molar-refractivity contribution in [3.8, 4) is 11.6 Å². The van der Waals surface area contributed by atoms with E-state index in [1.54, 1.807) is 30.1 Å². The van der Waals surface area contributed by atoms with Crippen molar-refractivity contribution in [2.24, 2.45) is 7.05 Å². The lowest BCUT2D eigenvalue weighted by Crippen LogP contribution is -2.15. The fraction of sp³-hybridized carbons (Fsp3) is 0.118. The summed E-state index contributed by atoms with van der Waals surface area (Å²) in [5, 5.41) is 19.5. The summed E-state index contributed by atoms with van der Waals surface area (Å²) in [6.07, 6.45) is 5.02. The normalized spacial score (nSPS) is 11.5. The summed E-state index contributed by atoms with van der Waals surface area (Å²) in [4.78, 5) is 14.1. The maximum absolute atomic E-state index is 12.9. The largest absolute Gasteiger partial charge is 0.494 e. The van der Waals surface area contributed by atoms with E-state index >= 15 is 0 Å². The number of benzene rings is 1. The van der Waals surface area contributed by atoms with Crippen molar-refractivity contribution in [2.45, 2.75) is 4.90 Å². The van der Waals surface area contributed by atoms with E-state index in [1.807, 2.05) is 0 Å². The highest BCUT2D eigenvalue weighted by molar-refractivity contribution is 7.92. The maximum Gasteiger partial charge on any atom is 0.307 e. The van der Waals surface area contributed by atoms with Gasteiger partial charge in [-0.05, 0) is 24.3 Å². The van der Waals surface area contributed by atoms with Gasteiger partial charge in [-0.1, -0.05) is 0 Å². The molecule has 0 aliphatic heterocycles. The lowest BCUT2D eigenvalue weighted by atomic mass is 10.2. The van der Waals surface area contributed by atoms with E-state index in [0.29, 0.717) is 11.3 Å². The number of aromatic nitrogens is 5. The number of fused-ring (bicyclic) bond motifs is 1. The number of methoxy groups -OCH3 is 1. The van der Waals surface area contributed by atoms with Gasteiger partial charge in [0.05, 0.1) is 23.7 Å². The second-order valence-corrected chi connectivity index (χ2v) is 7.89. The van der Waals surface area contributed by atoms with Crippen LogP contribution in [0.25, 0.3) is 16.7 Å². The van der Waals surface area contributed by atoms with Crippen LogP contribution in [0.1, 0.15) is 0 Å². The van der Waals surface area contributed by atoms with Crippen LogP contribution in [-0.2, 0) is 17.1 Å². The lowest BCUT2D eigenvalue weighted by Gasteiger charge is -2.14. The van der Waals surface area contributed by atoms with E-state index < -0.39 is 14.9 Å². The number of nitrogens with zero attached hydrogens (tertiary/aromatic N) is 6. The number of rotatable bonds is 6. The number of nitrogens with one attached hydrogen (secondary N) is 1. The third-order valence-corrected chi connectivity index (χ3v) is 5.70. The minimum atomic E-state index is -4.01. The van der Waals surface area contributed by atoms with E-state index in [4.69, 9.17) is 4.74 Å². The van der Waals surface area contributed by atoms with Gasteiger partial charge in [-0.25, -0.2) is 18.1 Å². The standard InChI is InChI=1S/C17H15N7O5S/c1-22-17-11(7-19-22)3-5-14(29-2)16(17)21-30(27,28)13-4-6-15(18-9-13)23-10-12(8-20-23)24(25)26/h3-10,21H,1-2H3. The molecule has 3 aromatic heterocycles. The summed E-state index contributed by atoms with van der Waals surface area (Å²) in [6.45, 7) is 0. The van der Waals surface area contributed by atoms with Crippen molar-refractivity contribution in [3.63, 3.8) is 0 Å². The van der Waals surface area contributed by atoms with Crippen LogP contribution in [0.15, 0.2) is 53.9 Å². The highest BCUT2D eigenvalue weighted by Crippen LogP contribution is 2.34. The minimum Gasteiger partial charge on any atom is -0.494 e. The third kappa shape index (κ3) is 3.30. The fourth-order valence-electron chi connectivity index (χ4n) is 2.91. The van der Waals surface area contributed by atoms with Crippen molar-refractivity contribution < 1.29 is 18.1 Å². The Morgan fingerprint density at radius 1 is 1.13 bits per heavy atom. The van der Waals surface area contributed by atoms with Gasteiger partial charge in [0.15, 0.2) is 5.82 Å². The highest BCUT2D eigenvalue weighted by Gasteiger charge is 2.21. The molecule has 4 aromatic rings. The Morgan fingerprint density at radius 3 is 2.57 bits per heavy atom. The zero-order chi connectivity index (χ0) is 21.5. The van der Waals surface area contributed by atoms with Gasteiger partial charge in [-0.2, -0.15) is 10.2 Å². The molecule has 1 aromatic carbocycles. The summed E-state index contributed by atoms with van der Waals surface area (Å²) in [6, 6.07) is 6.15. The first-order chi connectivity index (χ1) is 14.3. The van der Waals surface area contributed by atoms with Crippen LogP contribution in [-0.4, -0.2) is 45.0 Å². The molecule has 154 valence electrons. The van der Waals surface area contributed by atoms with Gasteiger partial charge in [0.1, 0.15) is 28.7 Å². The maximum atomic E-state index is 12.9. The van der Waals surface area contributed by atoms with Gasteiger partial charge >= 0.3 is 5.69 Å². The summed E-state index contributed by atoms with van der Waals surface area (Å²) in [5.74, 6) is 0.566. The molecule has 0 spiro atoms. The average Bonchev–Trinajstić information content (AvgIpc) is 3.36. The Balaban J connectivity index is 1.68. The molecule has 12 nitrogen and oxygen atoms in total. The summed E-state index contributed by atoms with van der Waals surface area (Å²) >= 11 is 0. The quantitative estimate of drug-likeness (QED) is 0.361. The number of nitro groups is 1. The Morgan fingerprint density at radius 2 is 1.93 bits per heavy atom. The molecule has 0 saturated carbocycles. The molecule has 0 bridgehead atoms. The molecule has 0 aliphatic rings. The number of pyridine rings is 1. The van der Waals surface area contributed by atoms with Crippen molar-refractivity contribution in [2.75, 3.05) is 11.8 Å². The molecule has 0 atom stereocenters. The lowest BCUT2D eigenvalue weighted by molar-refractivity contribution is -0.384. The highest BCUT2D eigenvalue weighted by atomic mass is 32.2. The number of aryl methyl sites for hydroxylation is 1. The van der Waals surface area contributed by atoms with E-state index in [9.17, 15) is 18.5 Å². The number of anilines is 1. The number of hydrogen-bond acceptors (Lipinski definition) is 8. The SMILES string of the molecule is COc1ccc2cnn(C)c2c1NS(=O)(=O)c1ccc(-n2cc([N+](=O)[O-])cn2)nc1. The molecule has 3 heterocycles. The molecule has 0 aliphatic carbocycles.